The molecule has 6 rings (SSSR count). The summed E-state index contributed by atoms with van der Waals surface area (Å²) in [6.07, 6.45) is 3.73. The number of aryl methyl sites for hydroxylation is 2. The number of nitrogens with zero attached hydrogens (tertiary/aromatic N) is 2. The highest BCUT2D eigenvalue weighted by Crippen LogP contribution is 2.40. The summed E-state index contributed by atoms with van der Waals surface area (Å²) < 4.78 is 12.2. The van der Waals surface area contributed by atoms with E-state index in [1.807, 2.05) is 60.9 Å². The quantitative estimate of drug-likeness (QED) is 0.154. The highest BCUT2D eigenvalue weighted by atomic mass is 16.5. The Morgan fingerprint density at radius 3 is 1.23 bits per heavy atom. The maximum absolute atomic E-state index is 6.12. The van der Waals surface area contributed by atoms with Crippen molar-refractivity contribution < 1.29 is 9.47 Å². The summed E-state index contributed by atoms with van der Waals surface area (Å²) in [4.78, 5) is 9.67. The minimum Gasteiger partial charge on any atom is -0.372 e. The molecule has 0 spiro atoms. The molecule has 0 fully saturated rings. The number of benzene rings is 4. The number of hydrogen-bond acceptors (Lipinski definition) is 4. The summed E-state index contributed by atoms with van der Waals surface area (Å²) in [5.74, 6) is 0. The fourth-order valence-electron chi connectivity index (χ4n) is 5.48. The van der Waals surface area contributed by atoms with Crippen molar-refractivity contribution in [2.75, 3.05) is 0 Å². The van der Waals surface area contributed by atoms with E-state index in [0.717, 1.165) is 67.0 Å². The van der Waals surface area contributed by atoms with E-state index < -0.39 is 0 Å². The Kier molecular flexibility index (Phi) is 9.32. The molecular weight excluding hydrogens is 540 g/mol. The second-order valence-corrected chi connectivity index (χ2v) is 11.1. The summed E-state index contributed by atoms with van der Waals surface area (Å²) in [6.45, 7) is 6.38. The van der Waals surface area contributed by atoms with Gasteiger partial charge in [-0.3, -0.25) is 9.97 Å². The Hall–Kier alpha value is -4.90. The summed E-state index contributed by atoms with van der Waals surface area (Å²) in [6, 6.07) is 41.9. The Balaban J connectivity index is 1.37. The molecule has 0 unspecified atom stereocenters. The van der Waals surface area contributed by atoms with E-state index in [1.54, 1.807) is 0 Å². The van der Waals surface area contributed by atoms with Crippen LogP contribution in [-0.4, -0.2) is 9.97 Å². The smallest absolute Gasteiger partial charge is 0.0737 e. The molecular formula is C40H36N2O2. The molecule has 4 nitrogen and oxygen atoms in total. The Labute approximate surface area is 260 Å². The summed E-state index contributed by atoms with van der Waals surface area (Å²) in [7, 11) is 0. The van der Waals surface area contributed by atoms with Crippen molar-refractivity contribution in [2.24, 2.45) is 0 Å². The van der Waals surface area contributed by atoms with Gasteiger partial charge >= 0.3 is 0 Å². The van der Waals surface area contributed by atoms with Crippen molar-refractivity contribution in [1.82, 2.24) is 9.97 Å². The van der Waals surface area contributed by atoms with Gasteiger partial charge in [-0.15, -0.1) is 0 Å². The number of ether oxygens (including phenoxy) is 2. The van der Waals surface area contributed by atoms with Gasteiger partial charge < -0.3 is 9.47 Å². The van der Waals surface area contributed by atoms with Gasteiger partial charge in [-0.05, 0) is 82.6 Å². The van der Waals surface area contributed by atoms with Gasteiger partial charge in [0.05, 0.1) is 37.8 Å². The fraction of sp³-hybridized carbons (Fsp3) is 0.150. The van der Waals surface area contributed by atoms with Gasteiger partial charge in [0.1, 0.15) is 0 Å². The molecule has 0 aliphatic carbocycles. The molecule has 0 atom stereocenters. The molecule has 44 heavy (non-hydrogen) atoms. The van der Waals surface area contributed by atoms with E-state index >= 15 is 0 Å². The minimum absolute atomic E-state index is 0.512. The van der Waals surface area contributed by atoms with Crippen molar-refractivity contribution in [3.05, 3.63) is 167 Å². The van der Waals surface area contributed by atoms with Gasteiger partial charge in [0, 0.05) is 23.5 Å². The molecule has 0 saturated carbocycles. The first-order chi connectivity index (χ1) is 21.7. The van der Waals surface area contributed by atoms with Gasteiger partial charge in [0.2, 0.25) is 0 Å². The lowest BCUT2D eigenvalue weighted by Crippen LogP contribution is -2.00. The normalized spacial score (nSPS) is 11.0. The predicted molar refractivity (Wildman–Crippen MR) is 178 cm³/mol. The van der Waals surface area contributed by atoms with Gasteiger partial charge in [-0.1, -0.05) is 97.1 Å². The van der Waals surface area contributed by atoms with E-state index in [-0.39, 0.29) is 0 Å². The van der Waals surface area contributed by atoms with Gasteiger partial charge in [-0.25, -0.2) is 0 Å². The van der Waals surface area contributed by atoms with Crippen molar-refractivity contribution in [2.45, 2.75) is 40.3 Å². The lowest BCUT2D eigenvalue weighted by molar-refractivity contribution is 0.107. The standard InChI is InChI=1S/C40H36N2O2/c1-29-11-9-21-41-39(29)37-23-33(27-43-25-31-13-5-3-6-14-31)17-19-35(37)36-20-18-34(28-44-26-32-15-7-4-8-16-32)24-38(36)40-30(2)12-10-22-42-40/h3-24H,25-28H2,1-2H3. The van der Waals surface area contributed by atoms with Crippen molar-refractivity contribution >= 4 is 0 Å². The minimum atomic E-state index is 0.512. The van der Waals surface area contributed by atoms with Gasteiger partial charge in [-0.2, -0.15) is 0 Å². The summed E-state index contributed by atoms with van der Waals surface area (Å²) in [5.41, 5.74) is 13.1. The lowest BCUT2D eigenvalue weighted by Gasteiger charge is -2.18. The monoisotopic (exact) mass is 576 g/mol. The maximum Gasteiger partial charge on any atom is 0.0737 e. The number of rotatable bonds is 11. The average molecular weight is 577 g/mol. The molecule has 0 bridgehead atoms. The predicted octanol–water partition coefficient (Wildman–Crippen LogP) is 9.53. The number of pyridine rings is 2. The van der Waals surface area contributed by atoms with Crippen molar-refractivity contribution in [1.29, 1.82) is 0 Å². The second kappa shape index (κ2) is 14.0. The second-order valence-electron chi connectivity index (χ2n) is 11.1. The molecule has 6 aromatic rings. The molecule has 2 aromatic heterocycles. The first kappa shape index (κ1) is 29.2. The van der Waals surface area contributed by atoms with Gasteiger partial charge in [0.25, 0.3) is 0 Å². The highest BCUT2D eigenvalue weighted by molar-refractivity contribution is 5.91. The van der Waals surface area contributed by atoms with Gasteiger partial charge in [0.15, 0.2) is 0 Å². The van der Waals surface area contributed by atoms with E-state index in [4.69, 9.17) is 19.4 Å². The van der Waals surface area contributed by atoms with Crippen LogP contribution in [0.4, 0.5) is 0 Å². The number of aromatic nitrogens is 2. The highest BCUT2D eigenvalue weighted by Gasteiger charge is 2.18. The molecule has 2 heterocycles. The van der Waals surface area contributed by atoms with Crippen LogP contribution < -0.4 is 0 Å². The van der Waals surface area contributed by atoms with Crippen LogP contribution in [0.2, 0.25) is 0 Å². The molecule has 4 heteroatoms. The van der Waals surface area contributed by atoms with E-state index in [1.165, 1.54) is 0 Å². The zero-order valence-electron chi connectivity index (χ0n) is 25.2. The van der Waals surface area contributed by atoms with Crippen LogP contribution >= 0.6 is 0 Å². The molecule has 0 radical (unpaired) electrons. The largest absolute Gasteiger partial charge is 0.372 e. The molecule has 0 aliphatic heterocycles. The molecule has 0 saturated heterocycles. The average Bonchev–Trinajstić information content (AvgIpc) is 3.06. The topological polar surface area (TPSA) is 44.2 Å². The third kappa shape index (κ3) is 7.00. The summed E-state index contributed by atoms with van der Waals surface area (Å²) >= 11 is 0. The zero-order chi connectivity index (χ0) is 30.1. The van der Waals surface area contributed by atoms with Crippen molar-refractivity contribution in [3.8, 4) is 33.6 Å². The maximum atomic E-state index is 6.12. The third-order valence-corrected chi connectivity index (χ3v) is 7.75. The van der Waals surface area contributed by atoms with E-state index in [0.29, 0.717) is 26.4 Å². The molecule has 218 valence electrons. The first-order valence-corrected chi connectivity index (χ1v) is 15.0. The van der Waals surface area contributed by atoms with Crippen LogP contribution in [-0.2, 0) is 35.9 Å². The Morgan fingerprint density at radius 1 is 0.409 bits per heavy atom. The molecule has 0 amide bonds. The zero-order valence-corrected chi connectivity index (χ0v) is 25.2. The first-order valence-electron chi connectivity index (χ1n) is 15.0. The Morgan fingerprint density at radius 2 is 0.818 bits per heavy atom. The van der Waals surface area contributed by atoms with Crippen LogP contribution in [0.25, 0.3) is 33.6 Å². The van der Waals surface area contributed by atoms with Crippen LogP contribution in [0.5, 0.6) is 0 Å². The molecule has 0 N–H and O–H groups in total. The van der Waals surface area contributed by atoms with E-state index in [9.17, 15) is 0 Å². The van der Waals surface area contributed by atoms with Crippen molar-refractivity contribution in [3.63, 3.8) is 0 Å². The van der Waals surface area contributed by atoms with Crippen LogP contribution in [0.3, 0.4) is 0 Å². The van der Waals surface area contributed by atoms with Crippen LogP contribution in [0.1, 0.15) is 33.4 Å². The molecule has 0 aliphatic rings. The number of hydrogen-bond donors (Lipinski definition) is 0. The Bertz CT molecular complexity index is 1700. The fourth-order valence-corrected chi connectivity index (χ4v) is 5.48. The summed E-state index contributed by atoms with van der Waals surface area (Å²) in [5, 5.41) is 0. The third-order valence-electron chi connectivity index (χ3n) is 7.75. The van der Waals surface area contributed by atoms with Crippen LogP contribution in [0, 0.1) is 13.8 Å². The van der Waals surface area contributed by atoms with Crippen LogP contribution in [0.15, 0.2) is 134 Å². The molecule has 4 aromatic carbocycles. The SMILES string of the molecule is Cc1cccnc1-c1cc(COCc2ccccc2)ccc1-c1ccc(COCc2ccccc2)cc1-c1ncccc1C. The van der Waals surface area contributed by atoms with E-state index in [2.05, 4.69) is 86.6 Å². The lowest BCUT2D eigenvalue weighted by atomic mass is 9.88.